The summed E-state index contributed by atoms with van der Waals surface area (Å²) in [6, 6.07) is 19.1. The van der Waals surface area contributed by atoms with Crippen LogP contribution in [0.5, 0.6) is 0 Å². The summed E-state index contributed by atoms with van der Waals surface area (Å²) in [7, 11) is 0. The van der Waals surface area contributed by atoms with E-state index in [2.05, 4.69) is 4.99 Å². The van der Waals surface area contributed by atoms with Crippen LogP contribution in [0.2, 0.25) is 0 Å². The summed E-state index contributed by atoms with van der Waals surface area (Å²) in [4.78, 5) is 16.0. The first-order valence-electron chi connectivity index (χ1n) is 7.68. The Morgan fingerprint density at radius 3 is 2.52 bits per heavy atom. The van der Waals surface area contributed by atoms with E-state index in [0.717, 1.165) is 16.2 Å². The lowest BCUT2D eigenvalue weighted by molar-refractivity contribution is 0.0996. The number of carbonyl (C=O) groups is 1. The van der Waals surface area contributed by atoms with Crippen LogP contribution in [0.1, 0.15) is 10.4 Å². The maximum absolute atomic E-state index is 13.9. The molecule has 0 aliphatic rings. The standard InChI is InChI=1S/C20H13FN2O2/c21-16-7-3-4-8-17(16)23-20-15(19(22)24)11-14-13-6-2-1-5-12(13)9-10-18(14)25-20/h1-11H,(H2,22,24). The molecule has 3 aromatic carbocycles. The van der Waals surface area contributed by atoms with Crippen molar-refractivity contribution in [1.29, 1.82) is 0 Å². The smallest absolute Gasteiger partial charge is 0.254 e. The first-order valence-corrected chi connectivity index (χ1v) is 7.68. The summed E-state index contributed by atoms with van der Waals surface area (Å²) in [5.74, 6) is -1.19. The molecular formula is C20H13FN2O2. The molecule has 4 nitrogen and oxygen atoms in total. The summed E-state index contributed by atoms with van der Waals surface area (Å²) in [5, 5.41) is 2.70. The van der Waals surface area contributed by atoms with Gasteiger partial charge in [-0.15, -0.1) is 0 Å². The molecule has 1 aromatic heterocycles. The van der Waals surface area contributed by atoms with Crippen molar-refractivity contribution in [2.45, 2.75) is 0 Å². The van der Waals surface area contributed by atoms with Crippen LogP contribution in [0.25, 0.3) is 21.7 Å². The number of fused-ring (bicyclic) bond motifs is 3. The molecule has 0 fully saturated rings. The highest BCUT2D eigenvalue weighted by Crippen LogP contribution is 2.25. The van der Waals surface area contributed by atoms with Crippen molar-refractivity contribution in [3.05, 3.63) is 83.7 Å². The number of carbonyl (C=O) groups excluding carboxylic acids is 1. The third-order valence-corrected chi connectivity index (χ3v) is 4.00. The summed E-state index contributed by atoms with van der Waals surface area (Å²) in [6.07, 6.45) is 0. The highest BCUT2D eigenvalue weighted by molar-refractivity contribution is 6.07. The first-order chi connectivity index (χ1) is 12.1. The number of nitrogens with two attached hydrogens (primary N) is 1. The van der Waals surface area contributed by atoms with E-state index in [0.29, 0.717) is 5.58 Å². The summed E-state index contributed by atoms with van der Waals surface area (Å²) >= 11 is 0. The average Bonchev–Trinajstić information content (AvgIpc) is 2.62. The van der Waals surface area contributed by atoms with E-state index >= 15 is 0 Å². The molecule has 0 radical (unpaired) electrons. The van der Waals surface area contributed by atoms with Crippen LogP contribution in [0.3, 0.4) is 0 Å². The van der Waals surface area contributed by atoms with Crippen LogP contribution >= 0.6 is 0 Å². The van der Waals surface area contributed by atoms with Gasteiger partial charge in [0.05, 0.1) is 0 Å². The Balaban J connectivity index is 2.08. The van der Waals surface area contributed by atoms with Crippen molar-refractivity contribution in [3.8, 4) is 0 Å². The Morgan fingerprint density at radius 1 is 0.960 bits per heavy atom. The van der Waals surface area contributed by atoms with E-state index in [4.69, 9.17) is 10.2 Å². The Hall–Kier alpha value is -3.47. The third kappa shape index (κ3) is 2.65. The number of hydrogen-bond donors (Lipinski definition) is 1. The SMILES string of the molecule is NC(=O)c1cc2c(ccc3ccccc32)oc1=Nc1ccccc1F. The Labute approximate surface area is 142 Å². The monoisotopic (exact) mass is 332 g/mol. The number of primary amides is 1. The van der Waals surface area contributed by atoms with Crippen molar-refractivity contribution >= 4 is 33.3 Å². The predicted molar refractivity (Wildman–Crippen MR) is 93.9 cm³/mol. The van der Waals surface area contributed by atoms with Gasteiger partial charge in [-0.2, -0.15) is 0 Å². The van der Waals surface area contributed by atoms with Gasteiger partial charge in [-0.25, -0.2) is 9.38 Å². The van der Waals surface area contributed by atoms with E-state index in [9.17, 15) is 9.18 Å². The fraction of sp³-hybridized carbons (Fsp3) is 0. The lowest BCUT2D eigenvalue weighted by atomic mass is 10.0. The minimum atomic E-state index is -0.686. The van der Waals surface area contributed by atoms with Crippen LogP contribution in [-0.4, -0.2) is 5.91 Å². The molecule has 122 valence electrons. The number of amides is 1. The van der Waals surface area contributed by atoms with Gasteiger partial charge in [0.1, 0.15) is 22.7 Å². The quantitative estimate of drug-likeness (QED) is 0.563. The molecule has 4 aromatic rings. The van der Waals surface area contributed by atoms with Crippen molar-refractivity contribution in [2.75, 3.05) is 0 Å². The molecule has 0 bridgehead atoms. The molecule has 0 aliphatic heterocycles. The van der Waals surface area contributed by atoms with Crippen LogP contribution in [0, 0.1) is 5.82 Å². The molecule has 1 heterocycles. The molecule has 5 heteroatoms. The number of nitrogens with zero attached hydrogens (tertiary/aromatic N) is 1. The van der Waals surface area contributed by atoms with Crippen molar-refractivity contribution < 1.29 is 13.6 Å². The number of halogens is 1. The van der Waals surface area contributed by atoms with Gasteiger partial charge in [0.15, 0.2) is 0 Å². The number of para-hydroxylation sites is 1. The molecule has 0 spiro atoms. The molecule has 0 saturated carbocycles. The highest BCUT2D eigenvalue weighted by Gasteiger charge is 2.12. The van der Waals surface area contributed by atoms with Crippen LogP contribution < -0.4 is 11.3 Å². The molecule has 25 heavy (non-hydrogen) atoms. The molecule has 2 N–H and O–H groups in total. The fourth-order valence-corrected chi connectivity index (χ4v) is 2.79. The van der Waals surface area contributed by atoms with Gasteiger partial charge in [-0.05, 0) is 35.0 Å². The zero-order valence-electron chi connectivity index (χ0n) is 13.1. The number of benzene rings is 3. The zero-order valence-corrected chi connectivity index (χ0v) is 13.1. The fourth-order valence-electron chi connectivity index (χ4n) is 2.79. The summed E-state index contributed by atoms with van der Waals surface area (Å²) in [6.45, 7) is 0. The van der Waals surface area contributed by atoms with Gasteiger partial charge in [-0.1, -0.05) is 42.5 Å². The molecule has 0 unspecified atom stereocenters. The van der Waals surface area contributed by atoms with Crippen molar-refractivity contribution in [3.63, 3.8) is 0 Å². The van der Waals surface area contributed by atoms with Crippen LogP contribution in [0.4, 0.5) is 10.1 Å². The van der Waals surface area contributed by atoms with E-state index in [-0.39, 0.29) is 16.8 Å². The van der Waals surface area contributed by atoms with Gasteiger partial charge < -0.3 is 10.2 Å². The summed E-state index contributed by atoms with van der Waals surface area (Å²) in [5.41, 5.74) is 6.20. The second kappa shape index (κ2) is 5.87. The maximum atomic E-state index is 13.9. The van der Waals surface area contributed by atoms with Gasteiger partial charge in [0, 0.05) is 5.39 Å². The van der Waals surface area contributed by atoms with E-state index in [1.807, 2.05) is 30.3 Å². The van der Waals surface area contributed by atoms with Gasteiger partial charge in [0.2, 0.25) is 5.55 Å². The summed E-state index contributed by atoms with van der Waals surface area (Å²) < 4.78 is 19.7. The number of rotatable bonds is 2. The second-order valence-corrected chi connectivity index (χ2v) is 5.59. The lowest BCUT2D eigenvalue weighted by Gasteiger charge is -2.05. The van der Waals surface area contributed by atoms with Crippen molar-refractivity contribution in [1.82, 2.24) is 0 Å². The Bertz CT molecular complexity index is 1200. The Morgan fingerprint density at radius 2 is 1.72 bits per heavy atom. The molecular weight excluding hydrogens is 319 g/mol. The highest BCUT2D eigenvalue weighted by atomic mass is 19.1. The Kier molecular flexibility index (Phi) is 3.54. The van der Waals surface area contributed by atoms with Crippen LogP contribution in [-0.2, 0) is 0 Å². The minimum Gasteiger partial charge on any atom is -0.437 e. The second-order valence-electron chi connectivity index (χ2n) is 5.59. The minimum absolute atomic E-state index is 0.0135. The zero-order chi connectivity index (χ0) is 17.4. The molecule has 1 amide bonds. The maximum Gasteiger partial charge on any atom is 0.254 e. The molecule has 0 aliphatic carbocycles. The van der Waals surface area contributed by atoms with Crippen LogP contribution in [0.15, 0.2) is 76.1 Å². The van der Waals surface area contributed by atoms with Gasteiger partial charge in [-0.3, -0.25) is 4.79 Å². The third-order valence-electron chi connectivity index (χ3n) is 4.00. The number of hydrogen-bond acceptors (Lipinski definition) is 3. The molecule has 4 rings (SSSR count). The lowest BCUT2D eigenvalue weighted by Crippen LogP contribution is -2.21. The average molecular weight is 332 g/mol. The van der Waals surface area contributed by atoms with Gasteiger partial charge in [0.25, 0.3) is 5.91 Å². The normalized spacial score (nSPS) is 12.0. The van der Waals surface area contributed by atoms with Crippen molar-refractivity contribution in [2.24, 2.45) is 10.7 Å². The van der Waals surface area contributed by atoms with E-state index < -0.39 is 11.7 Å². The van der Waals surface area contributed by atoms with E-state index in [1.165, 1.54) is 12.1 Å². The largest absolute Gasteiger partial charge is 0.437 e. The molecule has 0 atom stereocenters. The van der Waals surface area contributed by atoms with Gasteiger partial charge >= 0.3 is 0 Å². The topological polar surface area (TPSA) is 68.6 Å². The van der Waals surface area contributed by atoms with E-state index in [1.54, 1.807) is 24.3 Å². The molecule has 0 saturated heterocycles. The predicted octanol–water partition coefficient (Wildman–Crippen LogP) is 4.06. The first kappa shape index (κ1) is 15.1.